The van der Waals surface area contributed by atoms with E-state index >= 15 is 0 Å². The Bertz CT molecular complexity index is 1090. The number of rotatable bonds is 9. The Labute approximate surface area is 223 Å². The molecule has 0 aromatic carbocycles. The summed E-state index contributed by atoms with van der Waals surface area (Å²) >= 11 is 0. The molecular weight excluding hydrogens is 460 g/mol. The van der Waals surface area contributed by atoms with Crippen LogP contribution in [-0.4, -0.2) is 82.4 Å². The number of hydrogen-bond donors (Lipinski definition) is 1. The Hall–Kier alpha value is -3.45. The van der Waals surface area contributed by atoms with Crippen molar-refractivity contribution < 1.29 is 4.79 Å². The van der Waals surface area contributed by atoms with Crippen molar-refractivity contribution in [1.29, 1.82) is 0 Å². The van der Waals surface area contributed by atoms with Crippen LogP contribution >= 0.6 is 0 Å². The highest BCUT2D eigenvalue weighted by atomic mass is 16.2. The van der Waals surface area contributed by atoms with Gasteiger partial charge in [-0.05, 0) is 44.6 Å². The molecule has 2 aliphatic heterocycles. The molecule has 0 unspecified atom stereocenters. The van der Waals surface area contributed by atoms with Gasteiger partial charge in [0.05, 0.1) is 11.4 Å². The van der Waals surface area contributed by atoms with Gasteiger partial charge in [-0.15, -0.1) is 0 Å². The van der Waals surface area contributed by atoms with Gasteiger partial charge in [0.1, 0.15) is 5.69 Å². The number of piperazine rings is 2. The molecule has 0 atom stereocenters. The Balaban J connectivity index is 1.61. The first-order chi connectivity index (χ1) is 17.8. The SMILES string of the molecule is C=C/C=C\C(=C/C)N1CCN(C(=O)c2cc(CN3CCN(C(=C/C=C)/C(N)=C\C)CC3)c(C)n2C)CC1. The molecule has 2 saturated heterocycles. The summed E-state index contributed by atoms with van der Waals surface area (Å²) in [6.45, 7) is 21.3. The van der Waals surface area contributed by atoms with Crippen LogP contribution < -0.4 is 5.73 Å². The first-order valence-corrected chi connectivity index (χ1v) is 13.2. The van der Waals surface area contributed by atoms with Gasteiger partial charge < -0.3 is 25.0 Å². The molecule has 37 heavy (non-hydrogen) atoms. The quantitative estimate of drug-likeness (QED) is 0.519. The van der Waals surface area contributed by atoms with Gasteiger partial charge in [0.25, 0.3) is 5.91 Å². The zero-order chi connectivity index (χ0) is 26.9. The van der Waals surface area contributed by atoms with E-state index < -0.39 is 0 Å². The number of amides is 1. The summed E-state index contributed by atoms with van der Waals surface area (Å²) in [7, 11) is 2.00. The third-order valence-corrected chi connectivity index (χ3v) is 7.48. The van der Waals surface area contributed by atoms with Crippen LogP contribution in [0.5, 0.6) is 0 Å². The predicted molar refractivity (Wildman–Crippen MR) is 154 cm³/mol. The number of aromatic nitrogens is 1. The van der Waals surface area contributed by atoms with Crippen LogP contribution in [0, 0.1) is 6.92 Å². The van der Waals surface area contributed by atoms with Crippen LogP contribution in [0.15, 0.2) is 78.8 Å². The maximum absolute atomic E-state index is 13.5. The van der Waals surface area contributed by atoms with Crippen LogP contribution in [0.25, 0.3) is 0 Å². The van der Waals surface area contributed by atoms with Crippen LogP contribution in [0.3, 0.4) is 0 Å². The van der Waals surface area contributed by atoms with Crippen molar-refractivity contribution in [1.82, 2.24) is 24.2 Å². The van der Waals surface area contributed by atoms with Gasteiger partial charge in [-0.1, -0.05) is 43.5 Å². The number of nitrogens with two attached hydrogens (primary N) is 1. The van der Waals surface area contributed by atoms with Crippen molar-refractivity contribution in [2.45, 2.75) is 27.3 Å². The second-order valence-electron chi connectivity index (χ2n) is 9.58. The molecule has 0 bridgehead atoms. The lowest BCUT2D eigenvalue weighted by atomic mass is 10.1. The van der Waals surface area contributed by atoms with E-state index in [2.05, 4.69) is 57.6 Å². The highest BCUT2D eigenvalue weighted by molar-refractivity contribution is 5.93. The van der Waals surface area contributed by atoms with Gasteiger partial charge in [0.2, 0.25) is 0 Å². The van der Waals surface area contributed by atoms with Crippen molar-refractivity contribution in [3.63, 3.8) is 0 Å². The normalized spacial score (nSPS) is 18.6. The fraction of sp³-hybridized carbons (Fsp3) is 0.433. The van der Waals surface area contributed by atoms with Gasteiger partial charge in [-0.2, -0.15) is 0 Å². The van der Waals surface area contributed by atoms with E-state index in [1.54, 1.807) is 12.2 Å². The number of allylic oxidation sites excluding steroid dienone is 7. The molecule has 1 aromatic heterocycles. The summed E-state index contributed by atoms with van der Waals surface area (Å²) in [5, 5.41) is 0. The van der Waals surface area contributed by atoms with Crippen molar-refractivity contribution in [2.24, 2.45) is 12.8 Å². The minimum atomic E-state index is 0.117. The Kier molecular flexibility index (Phi) is 10.0. The highest BCUT2D eigenvalue weighted by Gasteiger charge is 2.27. The van der Waals surface area contributed by atoms with Crippen LogP contribution in [0.4, 0.5) is 0 Å². The molecule has 0 aliphatic carbocycles. The third kappa shape index (κ3) is 6.66. The number of carbonyl (C=O) groups excluding carboxylic acids is 1. The summed E-state index contributed by atoms with van der Waals surface area (Å²) in [6.07, 6.45) is 13.6. The Morgan fingerprint density at radius 2 is 1.57 bits per heavy atom. The van der Waals surface area contributed by atoms with Crippen molar-refractivity contribution in [3.05, 3.63) is 95.8 Å². The highest BCUT2D eigenvalue weighted by Crippen LogP contribution is 2.22. The van der Waals surface area contributed by atoms with Crippen LogP contribution in [-0.2, 0) is 13.6 Å². The van der Waals surface area contributed by atoms with Crippen LogP contribution in [0.1, 0.15) is 35.6 Å². The molecular formula is C30H44N6O. The average molecular weight is 505 g/mol. The smallest absolute Gasteiger partial charge is 0.270 e. The van der Waals surface area contributed by atoms with E-state index in [-0.39, 0.29) is 5.91 Å². The van der Waals surface area contributed by atoms with Crippen molar-refractivity contribution >= 4 is 5.91 Å². The molecule has 0 spiro atoms. The lowest BCUT2D eigenvalue weighted by Gasteiger charge is -2.37. The minimum absolute atomic E-state index is 0.117. The Morgan fingerprint density at radius 1 is 0.946 bits per heavy atom. The van der Waals surface area contributed by atoms with Crippen molar-refractivity contribution in [3.8, 4) is 0 Å². The molecule has 0 radical (unpaired) electrons. The average Bonchev–Trinajstić information content (AvgIpc) is 3.20. The summed E-state index contributed by atoms with van der Waals surface area (Å²) in [5.74, 6) is 0.117. The molecule has 2 N–H and O–H groups in total. The fourth-order valence-electron chi connectivity index (χ4n) is 5.04. The third-order valence-electron chi connectivity index (χ3n) is 7.48. The standard InChI is InChI=1S/C30H44N6O/c1-7-11-13-26(9-3)34-18-20-36(21-19-34)30(37)29-22-25(24(5)32(29)6)23-33-14-16-35(17-15-33)28(12-8-2)27(31)10-4/h7-13,22H,1-2,14-21,23,31H2,3-6H3/b13-11-,26-9+,27-10+,28-12+. The lowest BCUT2D eigenvalue weighted by molar-refractivity contribution is 0.0662. The maximum atomic E-state index is 13.5. The van der Waals surface area contributed by atoms with Crippen LogP contribution in [0.2, 0.25) is 0 Å². The summed E-state index contributed by atoms with van der Waals surface area (Å²) in [6, 6.07) is 2.10. The molecule has 200 valence electrons. The summed E-state index contributed by atoms with van der Waals surface area (Å²) in [4.78, 5) is 22.6. The van der Waals surface area contributed by atoms with E-state index in [4.69, 9.17) is 5.73 Å². The van der Waals surface area contributed by atoms with Gasteiger partial charge >= 0.3 is 0 Å². The van der Waals surface area contributed by atoms with Gasteiger partial charge in [0, 0.05) is 77.3 Å². The molecule has 7 heteroatoms. The van der Waals surface area contributed by atoms with E-state index in [0.717, 1.165) is 81.7 Å². The minimum Gasteiger partial charge on any atom is -0.397 e. The first-order valence-electron chi connectivity index (χ1n) is 13.2. The zero-order valence-electron chi connectivity index (χ0n) is 23.1. The van der Waals surface area contributed by atoms with Crippen molar-refractivity contribution in [2.75, 3.05) is 52.4 Å². The van der Waals surface area contributed by atoms with E-state index in [1.165, 1.54) is 11.3 Å². The lowest BCUT2D eigenvalue weighted by Crippen LogP contribution is -2.48. The zero-order valence-corrected chi connectivity index (χ0v) is 23.1. The predicted octanol–water partition coefficient (Wildman–Crippen LogP) is 3.79. The first kappa shape index (κ1) is 28.1. The topological polar surface area (TPSA) is 61.0 Å². The molecule has 3 heterocycles. The number of hydrogen-bond acceptors (Lipinski definition) is 5. The maximum Gasteiger partial charge on any atom is 0.270 e. The molecule has 3 rings (SSSR count). The van der Waals surface area contributed by atoms with Gasteiger partial charge in [-0.3, -0.25) is 9.69 Å². The summed E-state index contributed by atoms with van der Waals surface area (Å²) in [5.41, 5.74) is 12.4. The van der Waals surface area contributed by atoms with E-state index in [9.17, 15) is 4.79 Å². The number of carbonyl (C=O) groups is 1. The van der Waals surface area contributed by atoms with Gasteiger partial charge in [-0.25, -0.2) is 0 Å². The fourth-order valence-corrected chi connectivity index (χ4v) is 5.04. The second kappa shape index (κ2) is 13.2. The monoisotopic (exact) mass is 504 g/mol. The molecule has 1 amide bonds. The number of nitrogens with zero attached hydrogens (tertiary/aromatic N) is 5. The Morgan fingerprint density at radius 3 is 2.14 bits per heavy atom. The van der Waals surface area contributed by atoms with Gasteiger partial charge in [0.15, 0.2) is 0 Å². The molecule has 1 aromatic rings. The largest absolute Gasteiger partial charge is 0.397 e. The molecule has 0 saturated carbocycles. The molecule has 7 nitrogen and oxygen atoms in total. The molecule has 2 aliphatic rings. The molecule has 2 fully saturated rings. The summed E-state index contributed by atoms with van der Waals surface area (Å²) < 4.78 is 2.06. The van der Waals surface area contributed by atoms with E-state index in [0.29, 0.717) is 0 Å². The van der Waals surface area contributed by atoms with E-state index in [1.807, 2.05) is 44.0 Å². The second-order valence-corrected chi connectivity index (χ2v) is 9.58.